The van der Waals surface area contributed by atoms with E-state index in [1.807, 2.05) is 0 Å². The van der Waals surface area contributed by atoms with Crippen LogP contribution in [0, 0.1) is 5.92 Å². The first-order chi connectivity index (χ1) is 7.70. The van der Waals surface area contributed by atoms with Gasteiger partial charge in [-0.1, -0.05) is 12.8 Å². The molecule has 0 aromatic carbocycles. The summed E-state index contributed by atoms with van der Waals surface area (Å²) < 4.78 is 0. The van der Waals surface area contributed by atoms with E-state index in [4.69, 9.17) is 0 Å². The molecule has 4 nitrogen and oxygen atoms in total. The smallest absolute Gasteiger partial charge is 0.223 e. The Kier molecular flexibility index (Phi) is 3.82. The molecule has 1 saturated carbocycles. The molecular formula is C12H22N2O2. The number of hydrogen-bond acceptors (Lipinski definition) is 3. The van der Waals surface area contributed by atoms with Gasteiger partial charge in [0, 0.05) is 12.5 Å². The number of nitrogens with one attached hydrogen (secondary N) is 2. The molecule has 0 bridgehead atoms. The third kappa shape index (κ3) is 2.95. The van der Waals surface area contributed by atoms with Gasteiger partial charge in [-0.2, -0.15) is 0 Å². The number of carbonyl (C=O) groups excluding carboxylic acids is 1. The van der Waals surface area contributed by atoms with E-state index in [2.05, 4.69) is 10.6 Å². The molecule has 3 N–H and O–H groups in total. The predicted molar refractivity (Wildman–Crippen MR) is 62.0 cm³/mol. The molecule has 1 aliphatic heterocycles. The topological polar surface area (TPSA) is 61.4 Å². The van der Waals surface area contributed by atoms with Crippen molar-refractivity contribution in [1.29, 1.82) is 0 Å². The van der Waals surface area contributed by atoms with E-state index in [1.54, 1.807) is 0 Å². The Morgan fingerprint density at radius 3 is 2.56 bits per heavy atom. The molecule has 2 aliphatic rings. The lowest BCUT2D eigenvalue weighted by Gasteiger charge is -2.26. The van der Waals surface area contributed by atoms with Crippen LogP contribution in [-0.2, 0) is 4.79 Å². The van der Waals surface area contributed by atoms with Gasteiger partial charge in [0.25, 0.3) is 0 Å². The minimum atomic E-state index is -0.622. The molecular weight excluding hydrogens is 204 g/mol. The zero-order chi connectivity index (χ0) is 11.4. The summed E-state index contributed by atoms with van der Waals surface area (Å²) in [6.45, 7) is 2.31. The van der Waals surface area contributed by atoms with Crippen LogP contribution in [0.15, 0.2) is 0 Å². The van der Waals surface area contributed by atoms with E-state index < -0.39 is 5.60 Å². The summed E-state index contributed by atoms with van der Waals surface area (Å²) >= 11 is 0. The molecule has 0 radical (unpaired) electrons. The molecule has 2 rings (SSSR count). The molecule has 0 aromatic heterocycles. The fourth-order valence-corrected chi connectivity index (χ4v) is 2.69. The molecule has 2 fully saturated rings. The zero-order valence-corrected chi connectivity index (χ0v) is 9.80. The van der Waals surface area contributed by atoms with Gasteiger partial charge in [-0.05, 0) is 38.8 Å². The molecule has 0 spiro atoms. The van der Waals surface area contributed by atoms with Crippen molar-refractivity contribution >= 4 is 5.91 Å². The van der Waals surface area contributed by atoms with Crippen LogP contribution in [0.3, 0.4) is 0 Å². The van der Waals surface area contributed by atoms with Crippen molar-refractivity contribution < 1.29 is 9.90 Å². The first-order valence-electron chi connectivity index (χ1n) is 6.40. The standard InChI is InChI=1S/C12H22N2O2/c15-11(10-3-7-13-8-4-10)14-9-12(16)5-1-2-6-12/h10,13,16H,1-9H2,(H,14,15). The Morgan fingerprint density at radius 2 is 1.94 bits per heavy atom. The van der Waals surface area contributed by atoms with Gasteiger partial charge in [0.1, 0.15) is 0 Å². The maximum absolute atomic E-state index is 11.8. The summed E-state index contributed by atoms with van der Waals surface area (Å²) in [7, 11) is 0. The van der Waals surface area contributed by atoms with Crippen LogP contribution in [0.2, 0.25) is 0 Å². The maximum Gasteiger partial charge on any atom is 0.223 e. The van der Waals surface area contributed by atoms with Gasteiger partial charge >= 0.3 is 0 Å². The fraction of sp³-hybridized carbons (Fsp3) is 0.917. The van der Waals surface area contributed by atoms with E-state index in [-0.39, 0.29) is 11.8 Å². The van der Waals surface area contributed by atoms with Gasteiger partial charge in [0.05, 0.1) is 5.60 Å². The highest BCUT2D eigenvalue weighted by Gasteiger charge is 2.32. The Labute approximate surface area is 96.8 Å². The van der Waals surface area contributed by atoms with Gasteiger partial charge in [-0.15, -0.1) is 0 Å². The van der Waals surface area contributed by atoms with Crippen LogP contribution in [0.25, 0.3) is 0 Å². The van der Waals surface area contributed by atoms with Crippen molar-refractivity contribution in [2.75, 3.05) is 19.6 Å². The minimum absolute atomic E-state index is 0.127. The SMILES string of the molecule is O=C(NCC1(O)CCCC1)C1CCNCC1. The van der Waals surface area contributed by atoms with Crippen LogP contribution in [-0.4, -0.2) is 36.2 Å². The maximum atomic E-state index is 11.8. The fourth-order valence-electron chi connectivity index (χ4n) is 2.69. The van der Waals surface area contributed by atoms with Gasteiger partial charge in [-0.25, -0.2) is 0 Å². The Hall–Kier alpha value is -0.610. The number of piperidine rings is 1. The van der Waals surface area contributed by atoms with Crippen molar-refractivity contribution in [3.05, 3.63) is 0 Å². The van der Waals surface area contributed by atoms with Crippen LogP contribution in [0.5, 0.6) is 0 Å². The number of amides is 1. The summed E-state index contributed by atoms with van der Waals surface area (Å²) in [4.78, 5) is 11.8. The molecule has 92 valence electrons. The lowest BCUT2D eigenvalue weighted by Crippen LogP contribution is -2.45. The van der Waals surface area contributed by atoms with Gasteiger partial charge in [0.2, 0.25) is 5.91 Å². The number of rotatable bonds is 3. The second-order valence-electron chi connectivity index (χ2n) is 5.17. The highest BCUT2D eigenvalue weighted by atomic mass is 16.3. The molecule has 0 aromatic rings. The molecule has 0 unspecified atom stereocenters. The van der Waals surface area contributed by atoms with Gasteiger partial charge < -0.3 is 15.7 Å². The molecule has 1 saturated heterocycles. The molecule has 1 amide bonds. The van der Waals surface area contributed by atoms with Crippen molar-refractivity contribution in [3.8, 4) is 0 Å². The van der Waals surface area contributed by atoms with Crippen molar-refractivity contribution in [3.63, 3.8) is 0 Å². The van der Waals surface area contributed by atoms with Crippen LogP contribution >= 0.6 is 0 Å². The summed E-state index contributed by atoms with van der Waals surface area (Å²) in [5.41, 5.74) is -0.622. The van der Waals surface area contributed by atoms with E-state index in [0.717, 1.165) is 51.6 Å². The molecule has 16 heavy (non-hydrogen) atoms. The third-order valence-corrected chi connectivity index (χ3v) is 3.84. The molecule has 1 aliphatic carbocycles. The average molecular weight is 226 g/mol. The molecule has 4 heteroatoms. The van der Waals surface area contributed by atoms with Crippen LogP contribution in [0.1, 0.15) is 38.5 Å². The second kappa shape index (κ2) is 5.15. The van der Waals surface area contributed by atoms with Crippen LogP contribution in [0.4, 0.5) is 0 Å². The lowest BCUT2D eigenvalue weighted by molar-refractivity contribution is -0.127. The summed E-state index contributed by atoms with van der Waals surface area (Å²) in [6, 6.07) is 0. The van der Waals surface area contributed by atoms with E-state index >= 15 is 0 Å². The first-order valence-corrected chi connectivity index (χ1v) is 6.40. The number of aliphatic hydroxyl groups is 1. The van der Waals surface area contributed by atoms with Gasteiger partial charge in [0.15, 0.2) is 0 Å². The lowest BCUT2D eigenvalue weighted by atomic mass is 9.96. The molecule has 0 atom stereocenters. The van der Waals surface area contributed by atoms with E-state index in [1.165, 1.54) is 0 Å². The van der Waals surface area contributed by atoms with Crippen molar-refractivity contribution in [1.82, 2.24) is 10.6 Å². The van der Waals surface area contributed by atoms with Crippen molar-refractivity contribution in [2.24, 2.45) is 5.92 Å². The second-order valence-corrected chi connectivity index (χ2v) is 5.17. The molecule has 1 heterocycles. The monoisotopic (exact) mass is 226 g/mol. The Morgan fingerprint density at radius 1 is 1.31 bits per heavy atom. The Bertz CT molecular complexity index is 243. The van der Waals surface area contributed by atoms with E-state index in [0.29, 0.717) is 6.54 Å². The summed E-state index contributed by atoms with van der Waals surface area (Å²) in [6.07, 6.45) is 5.67. The highest BCUT2D eigenvalue weighted by Crippen LogP contribution is 2.28. The number of hydrogen-bond donors (Lipinski definition) is 3. The summed E-state index contributed by atoms with van der Waals surface area (Å²) in [5.74, 6) is 0.271. The zero-order valence-electron chi connectivity index (χ0n) is 9.80. The summed E-state index contributed by atoms with van der Waals surface area (Å²) in [5, 5.41) is 16.3. The quantitative estimate of drug-likeness (QED) is 0.653. The van der Waals surface area contributed by atoms with Crippen LogP contribution < -0.4 is 10.6 Å². The largest absolute Gasteiger partial charge is 0.388 e. The number of carbonyl (C=O) groups is 1. The Balaban J connectivity index is 1.74. The van der Waals surface area contributed by atoms with E-state index in [9.17, 15) is 9.90 Å². The predicted octanol–water partition coefficient (Wildman–Crippen LogP) is 0.407. The highest BCUT2D eigenvalue weighted by molar-refractivity contribution is 5.78. The minimum Gasteiger partial charge on any atom is -0.388 e. The average Bonchev–Trinajstić information content (AvgIpc) is 2.75. The van der Waals surface area contributed by atoms with Crippen molar-refractivity contribution in [2.45, 2.75) is 44.1 Å². The normalized spacial score (nSPS) is 25.6. The first kappa shape index (κ1) is 11.9. The third-order valence-electron chi connectivity index (χ3n) is 3.84. The van der Waals surface area contributed by atoms with Gasteiger partial charge in [-0.3, -0.25) is 4.79 Å².